The van der Waals surface area contributed by atoms with Gasteiger partial charge in [0.05, 0.1) is 0 Å². The van der Waals surface area contributed by atoms with Gasteiger partial charge in [-0.05, 0) is 52.4 Å². The topological polar surface area (TPSA) is 59.6 Å². The van der Waals surface area contributed by atoms with Crippen LogP contribution in [0.5, 0.6) is 0 Å². The standard InChI is InChI=1S/C15H28N2O3/c1-15(2,3)20-14(18)17-13(11-4-5-11)10-16-12-6-8-19-9-7-12/h11-13,16H,4-10H2,1-3H3,(H,17,18). The van der Waals surface area contributed by atoms with Crippen LogP contribution in [-0.4, -0.2) is 43.5 Å². The minimum atomic E-state index is -0.438. The Hall–Kier alpha value is -0.810. The van der Waals surface area contributed by atoms with Crippen LogP contribution in [0, 0.1) is 5.92 Å². The predicted molar refractivity (Wildman–Crippen MR) is 77.7 cm³/mol. The summed E-state index contributed by atoms with van der Waals surface area (Å²) in [6.07, 6.45) is 4.22. The lowest BCUT2D eigenvalue weighted by Crippen LogP contribution is -2.48. The Balaban J connectivity index is 1.74. The van der Waals surface area contributed by atoms with Gasteiger partial charge < -0.3 is 20.1 Å². The van der Waals surface area contributed by atoms with Gasteiger partial charge >= 0.3 is 6.09 Å². The molecule has 2 rings (SSSR count). The Kier molecular flexibility index (Phi) is 5.27. The number of hydrogen-bond donors (Lipinski definition) is 2. The second kappa shape index (κ2) is 6.76. The van der Waals surface area contributed by atoms with Gasteiger partial charge in [0.25, 0.3) is 0 Å². The zero-order valence-corrected chi connectivity index (χ0v) is 12.9. The lowest BCUT2D eigenvalue weighted by Gasteiger charge is -2.27. The second-order valence-electron chi connectivity index (χ2n) is 6.89. The molecule has 1 unspecified atom stereocenters. The molecule has 1 saturated heterocycles. The van der Waals surface area contributed by atoms with Crippen LogP contribution in [0.25, 0.3) is 0 Å². The number of hydrogen-bond acceptors (Lipinski definition) is 4. The Labute approximate surface area is 121 Å². The Morgan fingerprint density at radius 2 is 1.90 bits per heavy atom. The average molecular weight is 284 g/mol. The molecule has 20 heavy (non-hydrogen) atoms. The van der Waals surface area contributed by atoms with E-state index in [1.807, 2.05) is 20.8 Å². The number of ether oxygens (including phenoxy) is 2. The molecule has 1 aliphatic carbocycles. The lowest BCUT2D eigenvalue weighted by molar-refractivity contribution is 0.0489. The van der Waals surface area contributed by atoms with Crippen LogP contribution in [0.4, 0.5) is 4.79 Å². The summed E-state index contributed by atoms with van der Waals surface area (Å²) in [4.78, 5) is 11.9. The molecule has 0 aromatic heterocycles. The highest BCUT2D eigenvalue weighted by atomic mass is 16.6. The maximum absolute atomic E-state index is 11.9. The molecule has 0 aromatic rings. The third-order valence-corrected chi connectivity index (χ3v) is 3.74. The maximum atomic E-state index is 11.9. The van der Waals surface area contributed by atoms with Gasteiger partial charge in [0, 0.05) is 31.8 Å². The van der Waals surface area contributed by atoms with E-state index >= 15 is 0 Å². The Morgan fingerprint density at radius 1 is 1.25 bits per heavy atom. The molecule has 2 fully saturated rings. The van der Waals surface area contributed by atoms with Crippen LogP contribution in [0.2, 0.25) is 0 Å². The molecule has 2 aliphatic rings. The van der Waals surface area contributed by atoms with Crippen LogP contribution in [-0.2, 0) is 9.47 Å². The second-order valence-corrected chi connectivity index (χ2v) is 6.89. The van der Waals surface area contributed by atoms with E-state index in [1.165, 1.54) is 12.8 Å². The molecule has 2 N–H and O–H groups in total. The van der Waals surface area contributed by atoms with Gasteiger partial charge in [-0.3, -0.25) is 0 Å². The average Bonchev–Trinajstić information content (AvgIpc) is 3.17. The zero-order chi connectivity index (χ0) is 14.6. The molecule has 116 valence electrons. The minimum Gasteiger partial charge on any atom is -0.444 e. The molecule has 0 radical (unpaired) electrons. The van der Waals surface area contributed by atoms with E-state index in [2.05, 4.69) is 10.6 Å². The summed E-state index contributed by atoms with van der Waals surface area (Å²) in [6.45, 7) is 8.17. The number of rotatable bonds is 5. The normalized spacial score (nSPS) is 22.4. The van der Waals surface area contributed by atoms with Crippen molar-refractivity contribution >= 4 is 6.09 Å². The van der Waals surface area contributed by atoms with Crippen LogP contribution in [0.15, 0.2) is 0 Å². The summed E-state index contributed by atoms with van der Waals surface area (Å²) in [5.74, 6) is 0.606. The fourth-order valence-corrected chi connectivity index (χ4v) is 2.49. The molecule has 0 bridgehead atoms. The monoisotopic (exact) mass is 284 g/mol. The highest BCUT2D eigenvalue weighted by Gasteiger charge is 2.33. The molecule has 1 atom stereocenters. The largest absolute Gasteiger partial charge is 0.444 e. The van der Waals surface area contributed by atoms with Gasteiger partial charge in [-0.25, -0.2) is 4.79 Å². The maximum Gasteiger partial charge on any atom is 0.407 e. The molecular formula is C15H28N2O3. The van der Waals surface area contributed by atoms with E-state index in [4.69, 9.17) is 9.47 Å². The van der Waals surface area contributed by atoms with Crippen molar-refractivity contribution in [2.75, 3.05) is 19.8 Å². The van der Waals surface area contributed by atoms with Crippen LogP contribution in [0.3, 0.4) is 0 Å². The summed E-state index contributed by atoms with van der Waals surface area (Å²) in [7, 11) is 0. The molecule has 5 nitrogen and oxygen atoms in total. The van der Waals surface area contributed by atoms with E-state index in [0.717, 1.165) is 32.6 Å². The van der Waals surface area contributed by atoms with Crippen LogP contribution in [0.1, 0.15) is 46.5 Å². The van der Waals surface area contributed by atoms with Crippen molar-refractivity contribution in [3.8, 4) is 0 Å². The van der Waals surface area contributed by atoms with Crippen molar-refractivity contribution in [3.63, 3.8) is 0 Å². The van der Waals surface area contributed by atoms with Gasteiger partial charge in [-0.1, -0.05) is 0 Å². The molecule has 1 heterocycles. The van der Waals surface area contributed by atoms with E-state index in [0.29, 0.717) is 12.0 Å². The number of nitrogens with one attached hydrogen (secondary N) is 2. The Morgan fingerprint density at radius 3 is 2.45 bits per heavy atom. The van der Waals surface area contributed by atoms with Crippen molar-refractivity contribution in [3.05, 3.63) is 0 Å². The SMILES string of the molecule is CC(C)(C)OC(=O)NC(CNC1CCOCC1)C1CC1. The van der Waals surface area contributed by atoms with Crippen molar-refractivity contribution in [1.82, 2.24) is 10.6 Å². The van der Waals surface area contributed by atoms with Crippen LogP contribution >= 0.6 is 0 Å². The van der Waals surface area contributed by atoms with Crippen molar-refractivity contribution in [2.24, 2.45) is 5.92 Å². The van der Waals surface area contributed by atoms with E-state index < -0.39 is 5.60 Å². The predicted octanol–water partition coefficient (Wildman–Crippen LogP) is 2.06. The lowest BCUT2D eigenvalue weighted by atomic mass is 10.1. The fraction of sp³-hybridized carbons (Fsp3) is 0.933. The molecular weight excluding hydrogens is 256 g/mol. The number of carbonyl (C=O) groups is 1. The van der Waals surface area contributed by atoms with Gasteiger partial charge in [0.15, 0.2) is 0 Å². The number of alkyl carbamates (subject to hydrolysis) is 1. The number of amides is 1. The van der Waals surface area contributed by atoms with Crippen molar-refractivity contribution in [2.45, 2.75) is 64.1 Å². The van der Waals surface area contributed by atoms with Crippen molar-refractivity contribution in [1.29, 1.82) is 0 Å². The summed E-state index contributed by atoms with van der Waals surface area (Å²) in [5, 5.41) is 6.58. The minimum absolute atomic E-state index is 0.188. The molecule has 1 aliphatic heterocycles. The first kappa shape index (κ1) is 15.6. The molecule has 0 aromatic carbocycles. The van der Waals surface area contributed by atoms with Gasteiger partial charge in [-0.15, -0.1) is 0 Å². The highest BCUT2D eigenvalue weighted by molar-refractivity contribution is 5.68. The van der Waals surface area contributed by atoms with Gasteiger partial charge in [0.2, 0.25) is 0 Å². The van der Waals surface area contributed by atoms with Crippen LogP contribution < -0.4 is 10.6 Å². The van der Waals surface area contributed by atoms with Gasteiger partial charge in [-0.2, -0.15) is 0 Å². The van der Waals surface area contributed by atoms with E-state index in [9.17, 15) is 4.79 Å². The van der Waals surface area contributed by atoms with E-state index in [1.54, 1.807) is 0 Å². The highest BCUT2D eigenvalue weighted by Crippen LogP contribution is 2.32. The third kappa shape index (κ3) is 5.67. The summed E-state index contributed by atoms with van der Waals surface area (Å²) >= 11 is 0. The Bertz CT molecular complexity index is 318. The van der Waals surface area contributed by atoms with E-state index in [-0.39, 0.29) is 12.1 Å². The fourth-order valence-electron chi connectivity index (χ4n) is 2.49. The number of carbonyl (C=O) groups excluding carboxylic acids is 1. The third-order valence-electron chi connectivity index (χ3n) is 3.74. The zero-order valence-electron chi connectivity index (χ0n) is 12.9. The molecule has 5 heteroatoms. The first-order valence-electron chi connectivity index (χ1n) is 7.75. The van der Waals surface area contributed by atoms with Gasteiger partial charge in [0.1, 0.15) is 5.60 Å². The van der Waals surface area contributed by atoms with Crippen molar-refractivity contribution < 1.29 is 14.3 Å². The molecule has 0 spiro atoms. The smallest absolute Gasteiger partial charge is 0.407 e. The molecule has 1 saturated carbocycles. The summed E-state index contributed by atoms with van der Waals surface area (Å²) < 4.78 is 10.7. The first-order chi connectivity index (χ1) is 9.44. The first-order valence-corrected chi connectivity index (χ1v) is 7.75. The molecule has 1 amide bonds. The quantitative estimate of drug-likeness (QED) is 0.811. The summed E-state index contributed by atoms with van der Waals surface area (Å²) in [5.41, 5.74) is -0.438. The summed E-state index contributed by atoms with van der Waals surface area (Å²) in [6, 6.07) is 0.707.